The van der Waals surface area contributed by atoms with E-state index in [-0.39, 0.29) is 6.04 Å². The van der Waals surface area contributed by atoms with Crippen LogP contribution in [0.3, 0.4) is 0 Å². The van der Waals surface area contributed by atoms with Crippen molar-refractivity contribution in [2.45, 2.75) is 49.5 Å². The Morgan fingerprint density at radius 3 is 2.45 bits per heavy atom. The molecule has 8 heteroatoms. The van der Waals surface area contributed by atoms with Crippen LogP contribution in [0.15, 0.2) is 57.0 Å². The fourth-order valence-electron chi connectivity index (χ4n) is 3.29. The maximum absolute atomic E-state index is 12.9. The number of benzene rings is 2. The van der Waals surface area contributed by atoms with Crippen molar-refractivity contribution in [3.63, 3.8) is 0 Å². The summed E-state index contributed by atoms with van der Waals surface area (Å²) in [6.07, 6.45) is 0. The molecule has 3 rings (SSSR count). The number of hydrogen-bond acceptors (Lipinski definition) is 4. The van der Waals surface area contributed by atoms with E-state index >= 15 is 0 Å². The Morgan fingerprint density at radius 1 is 1.14 bits per heavy atom. The number of fused-ring (bicyclic) bond motifs is 1. The summed E-state index contributed by atoms with van der Waals surface area (Å²) in [7, 11) is -3.51. The average Bonchev–Trinajstić information content (AvgIpc) is 3.06. The molecule has 0 aliphatic heterocycles. The highest BCUT2D eigenvalue weighted by atomic mass is 79.9. The molecule has 0 atom stereocenters. The van der Waals surface area contributed by atoms with Crippen LogP contribution in [0, 0.1) is 0 Å². The van der Waals surface area contributed by atoms with Gasteiger partial charge in [-0.2, -0.15) is 4.31 Å². The fourth-order valence-corrected chi connectivity index (χ4v) is 6.52. The van der Waals surface area contributed by atoms with Crippen molar-refractivity contribution in [2.75, 3.05) is 13.1 Å². The Labute approximate surface area is 185 Å². The molecule has 2 aromatic carbocycles. The largest absolute Gasteiger partial charge is 0.316 e. The number of imidazole rings is 1. The number of rotatable bonds is 8. The van der Waals surface area contributed by atoms with Crippen LogP contribution in [-0.4, -0.2) is 35.4 Å². The highest BCUT2D eigenvalue weighted by Crippen LogP contribution is 2.32. The van der Waals surface area contributed by atoms with Crippen LogP contribution < -0.4 is 0 Å². The highest BCUT2D eigenvalue weighted by Gasteiger charge is 2.23. The minimum absolute atomic E-state index is 0.215. The van der Waals surface area contributed by atoms with E-state index < -0.39 is 10.0 Å². The molecule has 0 amide bonds. The van der Waals surface area contributed by atoms with Crippen molar-refractivity contribution in [1.82, 2.24) is 13.9 Å². The van der Waals surface area contributed by atoms with Gasteiger partial charge in [0.1, 0.15) is 0 Å². The Kier molecular flexibility index (Phi) is 7.09. The van der Waals surface area contributed by atoms with Gasteiger partial charge in [-0.05, 0) is 43.7 Å². The molecular weight excluding hydrogens is 470 g/mol. The maximum Gasteiger partial charge on any atom is 0.243 e. The van der Waals surface area contributed by atoms with E-state index in [4.69, 9.17) is 4.98 Å². The van der Waals surface area contributed by atoms with Crippen LogP contribution in [0.25, 0.3) is 11.0 Å². The number of sulfonamides is 1. The summed E-state index contributed by atoms with van der Waals surface area (Å²) in [4.78, 5) is 5.09. The second-order valence-electron chi connectivity index (χ2n) is 6.98. The molecule has 0 radical (unpaired) electrons. The first-order valence-corrected chi connectivity index (χ1v) is 12.9. The standard InChI is InChI=1S/C21H26BrN3O2S2/c1-5-24(6-2)29(26,27)17-11-12-20-19(13-17)23-21(25(20)15(3)4)28-14-16-9-7-8-10-18(16)22/h7-13,15H,5-6,14H2,1-4H3. The van der Waals surface area contributed by atoms with E-state index in [1.807, 2.05) is 38.1 Å². The predicted octanol–water partition coefficient (Wildman–Crippen LogP) is 5.70. The van der Waals surface area contributed by atoms with Gasteiger partial charge in [0.25, 0.3) is 0 Å². The molecule has 156 valence electrons. The zero-order valence-electron chi connectivity index (χ0n) is 17.1. The van der Waals surface area contributed by atoms with Crippen LogP contribution in [0.1, 0.15) is 39.3 Å². The summed E-state index contributed by atoms with van der Waals surface area (Å²) < 4.78 is 30.5. The highest BCUT2D eigenvalue weighted by molar-refractivity contribution is 9.10. The van der Waals surface area contributed by atoms with Crippen molar-refractivity contribution in [3.05, 3.63) is 52.5 Å². The molecule has 0 bridgehead atoms. The van der Waals surface area contributed by atoms with E-state index in [9.17, 15) is 8.42 Å². The van der Waals surface area contributed by atoms with Crippen molar-refractivity contribution >= 4 is 48.7 Å². The summed E-state index contributed by atoms with van der Waals surface area (Å²) in [5.74, 6) is 0.780. The first-order chi connectivity index (χ1) is 13.8. The summed E-state index contributed by atoms with van der Waals surface area (Å²) >= 11 is 5.26. The van der Waals surface area contributed by atoms with Crippen LogP contribution in [0.2, 0.25) is 0 Å². The fraction of sp³-hybridized carbons (Fsp3) is 0.381. The monoisotopic (exact) mass is 495 g/mol. The minimum Gasteiger partial charge on any atom is -0.316 e. The molecule has 0 spiro atoms. The van der Waals surface area contributed by atoms with Gasteiger partial charge in [0.05, 0.1) is 15.9 Å². The van der Waals surface area contributed by atoms with E-state index in [1.165, 1.54) is 9.87 Å². The lowest BCUT2D eigenvalue weighted by Gasteiger charge is -2.18. The van der Waals surface area contributed by atoms with E-state index in [1.54, 1.807) is 23.9 Å². The minimum atomic E-state index is -3.51. The Hall–Kier alpha value is -1.35. The van der Waals surface area contributed by atoms with Gasteiger partial charge in [0.15, 0.2) is 5.16 Å². The zero-order valence-corrected chi connectivity index (χ0v) is 20.3. The predicted molar refractivity (Wildman–Crippen MR) is 124 cm³/mol. The van der Waals surface area contributed by atoms with E-state index in [2.05, 4.69) is 40.4 Å². The van der Waals surface area contributed by atoms with Gasteiger partial charge in [-0.25, -0.2) is 13.4 Å². The van der Waals surface area contributed by atoms with Gasteiger partial charge in [0, 0.05) is 29.4 Å². The molecular formula is C21H26BrN3O2S2. The third-order valence-corrected chi connectivity index (χ3v) is 8.62. The topological polar surface area (TPSA) is 55.2 Å². The lowest BCUT2D eigenvalue weighted by atomic mass is 10.2. The quantitative estimate of drug-likeness (QED) is 0.376. The van der Waals surface area contributed by atoms with Gasteiger partial charge < -0.3 is 4.57 Å². The summed E-state index contributed by atoms with van der Waals surface area (Å²) in [6.45, 7) is 8.83. The summed E-state index contributed by atoms with van der Waals surface area (Å²) in [6, 6.07) is 13.6. The number of nitrogens with zero attached hydrogens (tertiary/aromatic N) is 3. The second-order valence-corrected chi connectivity index (χ2v) is 10.7. The SMILES string of the molecule is CCN(CC)S(=O)(=O)c1ccc2c(c1)nc(SCc1ccccc1Br)n2C(C)C. The number of thioether (sulfide) groups is 1. The van der Waals surface area contributed by atoms with Crippen molar-refractivity contribution < 1.29 is 8.42 Å². The van der Waals surface area contributed by atoms with Gasteiger partial charge in [0.2, 0.25) is 10.0 Å². The van der Waals surface area contributed by atoms with Crippen LogP contribution in [0.4, 0.5) is 0 Å². The molecule has 0 fully saturated rings. The third kappa shape index (κ3) is 4.55. The molecule has 5 nitrogen and oxygen atoms in total. The Morgan fingerprint density at radius 2 is 1.83 bits per heavy atom. The van der Waals surface area contributed by atoms with Gasteiger partial charge >= 0.3 is 0 Å². The molecule has 0 unspecified atom stereocenters. The van der Waals surface area contributed by atoms with Gasteiger partial charge in [-0.1, -0.05) is 59.7 Å². The number of halogens is 1. The van der Waals surface area contributed by atoms with E-state index in [0.29, 0.717) is 23.5 Å². The lowest BCUT2D eigenvalue weighted by Crippen LogP contribution is -2.30. The normalized spacial score (nSPS) is 12.4. The molecule has 29 heavy (non-hydrogen) atoms. The number of aromatic nitrogens is 2. The molecule has 1 heterocycles. The molecule has 0 aliphatic carbocycles. The summed E-state index contributed by atoms with van der Waals surface area (Å²) in [5.41, 5.74) is 2.86. The van der Waals surface area contributed by atoms with Crippen molar-refractivity contribution in [1.29, 1.82) is 0 Å². The van der Waals surface area contributed by atoms with Crippen LogP contribution in [-0.2, 0) is 15.8 Å². The average molecular weight is 496 g/mol. The molecule has 0 saturated heterocycles. The third-order valence-electron chi connectivity index (χ3n) is 4.80. The molecule has 0 aliphatic rings. The van der Waals surface area contributed by atoms with Gasteiger partial charge in [-0.15, -0.1) is 0 Å². The molecule has 1 aromatic heterocycles. The smallest absolute Gasteiger partial charge is 0.243 e. The van der Waals surface area contributed by atoms with E-state index in [0.717, 1.165) is 20.9 Å². The molecule has 0 N–H and O–H groups in total. The van der Waals surface area contributed by atoms with Crippen LogP contribution >= 0.6 is 27.7 Å². The van der Waals surface area contributed by atoms with Crippen molar-refractivity contribution in [3.8, 4) is 0 Å². The Balaban J connectivity index is 2.01. The van der Waals surface area contributed by atoms with Crippen molar-refractivity contribution in [2.24, 2.45) is 0 Å². The summed E-state index contributed by atoms with van der Waals surface area (Å²) in [5, 5.41) is 0.892. The van der Waals surface area contributed by atoms with Crippen LogP contribution in [0.5, 0.6) is 0 Å². The lowest BCUT2D eigenvalue weighted by molar-refractivity contribution is 0.445. The number of hydrogen-bond donors (Lipinski definition) is 0. The molecule has 0 saturated carbocycles. The van der Waals surface area contributed by atoms with Gasteiger partial charge in [-0.3, -0.25) is 0 Å². The Bertz CT molecular complexity index is 1110. The first kappa shape index (κ1) is 22.3. The second kappa shape index (κ2) is 9.20. The first-order valence-electron chi connectivity index (χ1n) is 9.67. The maximum atomic E-state index is 12.9. The zero-order chi connectivity index (χ0) is 21.2. The molecule has 3 aromatic rings.